The zero-order chi connectivity index (χ0) is 13.0. The van der Waals surface area contributed by atoms with E-state index < -0.39 is 0 Å². The Hall–Kier alpha value is -1.19. The molecule has 0 amide bonds. The first kappa shape index (κ1) is 13.2. The van der Waals surface area contributed by atoms with E-state index in [1.54, 1.807) is 0 Å². The van der Waals surface area contributed by atoms with E-state index in [0.717, 1.165) is 30.1 Å². The fourth-order valence-corrected chi connectivity index (χ4v) is 2.75. The summed E-state index contributed by atoms with van der Waals surface area (Å²) in [5.74, 6) is 1.52. The van der Waals surface area contributed by atoms with Gasteiger partial charge in [-0.05, 0) is 31.6 Å². The van der Waals surface area contributed by atoms with Crippen LogP contribution >= 0.6 is 0 Å². The number of aryl methyl sites for hydroxylation is 2. The Morgan fingerprint density at radius 3 is 2.56 bits per heavy atom. The average Bonchev–Trinajstić information content (AvgIpc) is 2.38. The molecule has 0 spiro atoms. The Labute approximate surface area is 110 Å². The van der Waals surface area contributed by atoms with Gasteiger partial charge in [0.2, 0.25) is 5.95 Å². The quantitative estimate of drug-likeness (QED) is 0.890. The van der Waals surface area contributed by atoms with Gasteiger partial charge >= 0.3 is 0 Å². The Morgan fingerprint density at radius 2 is 1.89 bits per heavy atom. The van der Waals surface area contributed by atoms with Crippen molar-refractivity contribution >= 4 is 5.95 Å². The first-order chi connectivity index (χ1) is 8.72. The molecule has 0 radical (unpaired) electrons. The molecular formula is C14H24N4. The Morgan fingerprint density at radius 1 is 1.11 bits per heavy atom. The third-order valence-electron chi connectivity index (χ3n) is 3.78. The molecule has 1 saturated carbocycles. The predicted octanol–water partition coefficient (Wildman–Crippen LogP) is 2.99. The van der Waals surface area contributed by atoms with Crippen molar-refractivity contribution in [1.29, 1.82) is 0 Å². The van der Waals surface area contributed by atoms with Crippen molar-refractivity contribution in [2.45, 2.75) is 65.3 Å². The second-order valence-corrected chi connectivity index (χ2v) is 5.35. The van der Waals surface area contributed by atoms with Crippen LogP contribution in [0.2, 0.25) is 0 Å². The van der Waals surface area contributed by atoms with Crippen molar-refractivity contribution in [3.63, 3.8) is 0 Å². The Kier molecular flexibility index (Phi) is 4.50. The lowest BCUT2D eigenvalue weighted by Gasteiger charge is -2.27. The molecule has 0 bridgehead atoms. The van der Waals surface area contributed by atoms with Crippen molar-refractivity contribution in [1.82, 2.24) is 15.2 Å². The molecule has 4 heteroatoms. The topological polar surface area (TPSA) is 50.7 Å². The molecule has 1 aromatic heterocycles. The van der Waals surface area contributed by atoms with Crippen LogP contribution in [0.5, 0.6) is 0 Å². The average molecular weight is 248 g/mol. The van der Waals surface area contributed by atoms with Gasteiger partial charge in [0.1, 0.15) is 0 Å². The van der Waals surface area contributed by atoms with E-state index in [9.17, 15) is 0 Å². The van der Waals surface area contributed by atoms with E-state index >= 15 is 0 Å². The minimum atomic E-state index is 0.521. The predicted molar refractivity (Wildman–Crippen MR) is 73.6 cm³/mol. The summed E-state index contributed by atoms with van der Waals surface area (Å²) in [6.07, 6.45) is 6.94. The monoisotopic (exact) mass is 248 g/mol. The van der Waals surface area contributed by atoms with E-state index in [1.807, 2.05) is 0 Å². The van der Waals surface area contributed by atoms with Gasteiger partial charge in [0, 0.05) is 6.04 Å². The maximum Gasteiger partial charge on any atom is 0.243 e. The Balaban J connectivity index is 2.04. The lowest BCUT2D eigenvalue weighted by molar-refractivity contribution is 0.357. The molecule has 2 rings (SSSR count). The van der Waals surface area contributed by atoms with Crippen molar-refractivity contribution in [2.75, 3.05) is 5.32 Å². The van der Waals surface area contributed by atoms with Crippen LogP contribution in [0.15, 0.2) is 0 Å². The minimum Gasteiger partial charge on any atom is -0.350 e. The lowest BCUT2D eigenvalue weighted by atomic mass is 9.87. The van der Waals surface area contributed by atoms with Gasteiger partial charge in [-0.3, -0.25) is 0 Å². The van der Waals surface area contributed by atoms with Crippen molar-refractivity contribution in [3.05, 3.63) is 11.4 Å². The number of nitrogens with zero attached hydrogens (tertiary/aromatic N) is 3. The van der Waals surface area contributed by atoms with Crippen LogP contribution in [0, 0.1) is 5.92 Å². The molecule has 18 heavy (non-hydrogen) atoms. The normalized spacial score (nSPS) is 23.9. The largest absolute Gasteiger partial charge is 0.350 e. The SMILES string of the molecule is CCc1nnc(NC2CCCC(C)C2)nc1CC. The smallest absolute Gasteiger partial charge is 0.243 e. The molecule has 1 heterocycles. The summed E-state index contributed by atoms with van der Waals surface area (Å²) in [4.78, 5) is 4.60. The minimum absolute atomic E-state index is 0.521. The van der Waals surface area contributed by atoms with Gasteiger partial charge in [0.05, 0.1) is 11.4 Å². The highest BCUT2D eigenvalue weighted by atomic mass is 15.2. The summed E-state index contributed by atoms with van der Waals surface area (Å²) >= 11 is 0. The number of hydrogen-bond donors (Lipinski definition) is 1. The van der Waals surface area contributed by atoms with E-state index in [2.05, 4.69) is 41.3 Å². The zero-order valence-electron chi connectivity index (χ0n) is 11.7. The molecule has 1 aromatic rings. The highest BCUT2D eigenvalue weighted by molar-refractivity contribution is 5.27. The molecule has 1 N–H and O–H groups in total. The standard InChI is InChI=1S/C14H24N4/c1-4-12-13(5-2)17-18-14(16-12)15-11-8-6-7-10(3)9-11/h10-11H,4-9H2,1-3H3,(H,15,16,18). The molecule has 2 unspecified atom stereocenters. The zero-order valence-corrected chi connectivity index (χ0v) is 11.7. The van der Waals surface area contributed by atoms with Crippen LogP contribution < -0.4 is 5.32 Å². The van der Waals surface area contributed by atoms with Crippen LogP contribution in [0.25, 0.3) is 0 Å². The Bertz CT molecular complexity index is 391. The summed E-state index contributed by atoms with van der Waals surface area (Å²) in [5.41, 5.74) is 2.11. The molecule has 1 aliphatic carbocycles. The molecule has 4 nitrogen and oxygen atoms in total. The van der Waals surface area contributed by atoms with Crippen molar-refractivity contribution in [2.24, 2.45) is 5.92 Å². The van der Waals surface area contributed by atoms with Gasteiger partial charge < -0.3 is 5.32 Å². The van der Waals surface area contributed by atoms with Crippen molar-refractivity contribution < 1.29 is 0 Å². The van der Waals surface area contributed by atoms with Gasteiger partial charge in [-0.25, -0.2) is 4.98 Å². The molecule has 1 fully saturated rings. The lowest BCUT2D eigenvalue weighted by Crippen LogP contribution is -2.27. The molecular weight excluding hydrogens is 224 g/mol. The maximum absolute atomic E-state index is 4.60. The van der Waals surface area contributed by atoms with Crippen LogP contribution in [0.1, 0.15) is 57.8 Å². The third-order valence-corrected chi connectivity index (χ3v) is 3.78. The van der Waals surface area contributed by atoms with Gasteiger partial charge in [-0.2, -0.15) is 5.10 Å². The fraction of sp³-hybridized carbons (Fsp3) is 0.786. The van der Waals surface area contributed by atoms with Crippen LogP contribution in [-0.2, 0) is 12.8 Å². The first-order valence-corrected chi connectivity index (χ1v) is 7.21. The number of rotatable bonds is 4. The molecule has 0 aromatic carbocycles. The summed E-state index contributed by atoms with van der Waals surface area (Å²) in [5, 5.41) is 11.9. The second kappa shape index (κ2) is 6.12. The van der Waals surface area contributed by atoms with Crippen molar-refractivity contribution in [3.8, 4) is 0 Å². The van der Waals surface area contributed by atoms with E-state index in [-0.39, 0.29) is 0 Å². The van der Waals surface area contributed by atoms with E-state index in [4.69, 9.17) is 0 Å². The van der Waals surface area contributed by atoms with Gasteiger partial charge in [0.25, 0.3) is 0 Å². The summed E-state index contributed by atoms with van der Waals surface area (Å²) < 4.78 is 0. The number of nitrogens with one attached hydrogen (secondary N) is 1. The summed E-state index contributed by atoms with van der Waals surface area (Å²) in [7, 11) is 0. The second-order valence-electron chi connectivity index (χ2n) is 5.35. The van der Waals surface area contributed by atoms with Gasteiger partial charge in [-0.15, -0.1) is 5.10 Å². The third kappa shape index (κ3) is 3.18. The van der Waals surface area contributed by atoms with Crippen LogP contribution in [-0.4, -0.2) is 21.2 Å². The molecule has 2 atom stereocenters. The molecule has 0 saturated heterocycles. The van der Waals surface area contributed by atoms with Crippen LogP contribution in [0.4, 0.5) is 5.95 Å². The van der Waals surface area contributed by atoms with E-state index in [1.165, 1.54) is 25.7 Å². The summed E-state index contributed by atoms with van der Waals surface area (Å²) in [6.45, 7) is 6.54. The number of aromatic nitrogens is 3. The molecule has 100 valence electrons. The molecule has 0 aliphatic heterocycles. The fourth-order valence-electron chi connectivity index (χ4n) is 2.75. The van der Waals surface area contributed by atoms with Gasteiger partial charge in [-0.1, -0.05) is 33.6 Å². The number of hydrogen-bond acceptors (Lipinski definition) is 4. The maximum atomic E-state index is 4.60. The first-order valence-electron chi connectivity index (χ1n) is 7.21. The molecule has 1 aliphatic rings. The highest BCUT2D eigenvalue weighted by Gasteiger charge is 2.19. The van der Waals surface area contributed by atoms with E-state index in [0.29, 0.717) is 12.0 Å². The van der Waals surface area contributed by atoms with Gasteiger partial charge in [0.15, 0.2) is 0 Å². The number of anilines is 1. The summed E-state index contributed by atoms with van der Waals surface area (Å²) in [6, 6.07) is 0.521. The highest BCUT2D eigenvalue weighted by Crippen LogP contribution is 2.25. The van der Waals surface area contributed by atoms with Crippen LogP contribution in [0.3, 0.4) is 0 Å².